The molecular weight excluding hydrogens is 250 g/mol. The summed E-state index contributed by atoms with van der Waals surface area (Å²) in [4.78, 5) is 16.1. The molecule has 94 valence electrons. The van der Waals surface area contributed by atoms with Crippen molar-refractivity contribution in [3.63, 3.8) is 0 Å². The fourth-order valence-electron chi connectivity index (χ4n) is 1.36. The molecular formula is C11H13N5OS. The monoisotopic (exact) mass is 263 g/mol. The zero-order valence-corrected chi connectivity index (χ0v) is 10.9. The van der Waals surface area contributed by atoms with E-state index in [1.54, 1.807) is 7.05 Å². The summed E-state index contributed by atoms with van der Waals surface area (Å²) < 4.78 is 0. The highest BCUT2D eigenvalue weighted by Crippen LogP contribution is 2.13. The van der Waals surface area contributed by atoms with Gasteiger partial charge in [-0.15, -0.1) is 10.2 Å². The van der Waals surface area contributed by atoms with E-state index in [1.807, 2.05) is 25.1 Å². The number of rotatable bonds is 4. The maximum atomic E-state index is 11.8. The molecule has 0 spiro atoms. The van der Waals surface area contributed by atoms with Crippen molar-refractivity contribution in [1.82, 2.24) is 20.5 Å². The van der Waals surface area contributed by atoms with E-state index < -0.39 is 0 Å². The Bertz CT molecular complexity index is 554. The van der Waals surface area contributed by atoms with E-state index in [9.17, 15) is 4.79 Å². The van der Waals surface area contributed by atoms with Crippen LogP contribution >= 0.6 is 11.3 Å². The van der Waals surface area contributed by atoms with E-state index in [-0.39, 0.29) is 5.91 Å². The fourth-order valence-corrected chi connectivity index (χ4v) is 1.97. The number of nitrogens with zero attached hydrogens (tertiary/aromatic N) is 3. The van der Waals surface area contributed by atoms with Crippen LogP contribution in [0.4, 0.5) is 5.13 Å². The van der Waals surface area contributed by atoms with E-state index in [0.29, 0.717) is 16.7 Å². The van der Waals surface area contributed by atoms with Crippen molar-refractivity contribution >= 4 is 22.4 Å². The van der Waals surface area contributed by atoms with Crippen molar-refractivity contribution in [1.29, 1.82) is 0 Å². The second-order valence-corrected chi connectivity index (χ2v) is 4.59. The summed E-state index contributed by atoms with van der Waals surface area (Å²) in [7, 11) is 1.73. The van der Waals surface area contributed by atoms with Crippen LogP contribution in [-0.4, -0.2) is 28.1 Å². The molecule has 0 radical (unpaired) electrons. The highest BCUT2D eigenvalue weighted by molar-refractivity contribution is 7.17. The molecule has 6 nitrogen and oxygen atoms in total. The number of amides is 1. The van der Waals surface area contributed by atoms with E-state index in [2.05, 4.69) is 25.8 Å². The van der Waals surface area contributed by atoms with Crippen LogP contribution in [0.5, 0.6) is 0 Å². The maximum absolute atomic E-state index is 11.8. The second-order valence-electron chi connectivity index (χ2n) is 3.62. The Morgan fingerprint density at radius 2 is 2.22 bits per heavy atom. The largest absolute Gasteiger partial charge is 0.363 e. The van der Waals surface area contributed by atoms with Crippen LogP contribution in [0.1, 0.15) is 21.2 Å². The van der Waals surface area contributed by atoms with Gasteiger partial charge in [0.15, 0.2) is 0 Å². The summed E-state index contributed by atoms with van der Waals surface area (Å²) in [5.41, 5.74) is 1.75. The Labute approximate surface area is 108 Å². The van der Waals surface area contributed by atoms with Crippen molar-refractivity contribution in [2.45, 2.75) is 13.5 Å². The molecule has 2 heterocycles. The van der Waals surface area contributed by atoms with Gasteiger partial charge < -0.3 is 10.6 Å². The van der Waals surface area contributed by atoms with Crippen LogP contribution in [0, 0.1) is 6.92 Å². The predicted molar refractivity (Wildman–Crippen MR) is 69.6 cm³/mol. The molecule has 7 heteroatoms. The third kappa shape index (κ3) is 3.01. The summed E-state index contributed by atoms with van der Waals surface area (Å²) in [6.45, 7) is 2.30. The second kappa shape index (κ2) is 5.54. The number of hydrogen-bond donors (Lipinski definition) is 2. The number of aryl methyl sites for hydroxylation is 1. The minimum atomic E-state index is -0.239. The highest BCUT2D eigenvalue weighted by atomic mass is 32.1. The van der Waals surface area contributed by atoms with E-state index in [0.717, 1.165) is 11.4 Å². The van der Waals surface area contributed by atoms with Crippen LogP contribution < -0.4 is 10.6 Å². The molecule has 0 aliphatic heterocycles. The summed E-state index contributed by atoms with van der Waals surface area (Å²) in [5, 5.41) is 14.1. The van der Waals surface area contributed by atoms with Gasteiger partial charge in [-0.1, -0.05) is 17.4 Å². The van der Waals surface area contributed by atoms with Gasteiger partial charge in [0.05, 0.1) is 12.2 Å². The van der Waals surface area contributed by atoms with Gasteiger partial charge in [-0.25, -0.2) is 0 Å². The molecule has 0 unspecified atom stereocenters. The Kier molecular flexibility index (Phi) is 3.83. The van der Waals surface area contributed by atoms with E-state index >= 15 is 0 Å². The molecule has 0 fully saturated rings. The summed E-state index contributed by atoms with van der Waals surface area (Å²) in [6, 6.07) is 5.69. The van der Waals surface area contributed by atoms with Crippen molar-refractivity contribution < 1.29 is 4.79 Å². The minimum absolute atomic E-state index is 0.239. The standard InChI is InChI=1S/C11H13N5OS/c1-7-4-3-5-8(14-7)6-13-9(17)10-15-16-11(12-2)18-10/h3-5H,6H2,1-2H3,(H,12,16)(H,13,17). The van der Waals surface area contributed by atoms with Gasteiger partial charge >= 0.3 is 0 Å². The smallest absolute Gasteiger partial charge is 0.282 e. The topological polar surface area (TPSA) is 79.8 Å². The number of nitrogens with one attached hydrogen (secondary N) is 2. The van der Waals surface area contributed by atoms with Gasteiger partial charge in [-0.3, -0.25) is 9.78 Å². The highest BCUT2D eigenvalue weighted by Gasteiger charge is 2.11. The Hall–Kier alpha value is -2.02. The first-order chi connectivity index (χ1) is 8.69. The molecule has 2 N–H and O–H groups in total. The van der Waals surface area contributed by atoms with Crippen LogP contribution in [0.3, 0.4) is 0 Å². The summed E-state index contributed by atoms with van der Waals surface area (Å²) in [5.74, 6) is -0.239. The molecule has 2 aromatic rings. The van der Waals surface area contributed by atoms with Gasteiger partial charge in [0.1, 0.15) is 0 Å². The number of hydrogen-bond acceptors (Lipinski definition) is 6. The molecule has 0 aromatic carbocycles. The first-order valence-electron chi connectivity index (χ1n) is 5.41. The zero-order valence-electron chi connectivity index (χ0n) is 10.1. The molecule has 0 saturated heterocycles. The van der Waals surface area contributed by atoms with Crippen molar-refractivity contribution in [3.8, 4) is 0 Å². The lowest BCUT2D eigenvalue weighted by atomic mass is 10.3. The third-order valence-corrected chi connectivity index (χ3v) is 3.15. The Morgan fingerprint density at radius 1 is 1.39 bits per heavy atom. The number of carbonyl (C=O) groups is 1. The van der Waals surface area contributed by atoms with Crippen LogP contribution in [-0.2, 0) is 6.54 Å². The fraction of sp³-hybridized carbons (Fsp3) is 0.273. The molecule has 0 aliphatic rings. The Balaban J connectivity index is 1.96. The molecule has 2 aromatic heterocycles. The van der Waals surface area contributed by atoms with Crippen LogP contribution in [0.15, 0.2) is 18.2 Å². The quantitative estimate of drug-likeness (QED) is 0.866. The van der Waals surface area contributed by atoms with Gasteiger partial charge in [0.25, 0.3) is 5.91 Å². The first-order valence-corrected chi connectivity index (χ1v) is 6.22. The third-order valence-electron chi connectivity index (χ3n) is 2.21. The van der Waals surface area contributed by atoms with Gasteiger partial charge in [-0.2, -0.15) is 0 Å². The molecule has 0 saturated carbocycles. The summed E-state index contributed by atoms with van der Waals surface area (Å²) >= 11 is 1.21. The van der Waals surface area contributed by atoms with Crippen molar-refractivity contribution in [3.05, 3.63) is 34.6 Å². The Morgan fingerprint density at radius 3 is 2.89 bits per heavy atom. The number of anilines is 1. The first kappa shape index (κ1) is 12.4. The lowest BCUT2D eigenvalue weighted by Crippen LogP contribution is -2.23. The number of pyridine rings is 1. The van der Waals surface area contributed by atoms with Crippen LogP contribution in [0.2, 0.25) is 0 Å². The van der Waals surface area contributed by atoms with Gasteiger partial charge in [0.2, 0.25) is 10.1 Å². The predicted octanol–water partition coefficient (Wildman–Crippen LogP) is 1.21. The zero-order chi connectivity index (χ0) is 13.0. The molecule has 0 aliphatic carbocycles. The van der Waals surface area contributed by atoms with Gasteiger partial charge in [-0.05, 0) is 19.1 Å². The van der Waals surface area contributed by atoms with E-state index in [1.165, 1.54) is 11.3 Å². The van der Waals surface area contributed by atoms with E-state index in [4.69, 9.17) is 0 Å². The summed E-state index contributed by atoms with van der Waals surface area (Å²) in [6.07, 6.45) is 0. The molecule has 2 rings (SSSR count). The molecule has 0 atom stereocenters. The van der Waals surface area contributed by atoms with Gasteiger partial charge in [0, 0.05) is 12.7 Å². The molecule has 18 heavy (non-hydrogen) atoms. The number of aromatic nitrogens is 3. The lowest BCUT2D eigenvalue weighted by molar-refractivity contribution is 0.0949. The molecule has 0 bridgehead atoms. The van der Waals surface area contributed by atoms with Crippen molar-refractivity contribution in [2.24, 2.45) is 0 Å². The lowest BCUT2D eigenvalue weighted by Gasteiger charge is -2.02. The van der Waals surface area contributed by atoms with Crippen molar-refractivity contribution in [2.75, 3.05) is 12.4 Å². The normalized spacial score (nSPS) is 10.1. The maximum Gasteiger partial charge on any atom is 0.282 e. The van der Waals surface area contributed by atoms with Crippen LogP contribution in [0.25, 0.3) is 0 Å². The molecule has 1 amide bonds. The average Bonchev–Trinajstić information content (AvgIpc) is 2.85. The SMILES string of the molecule is CNc1nnc(C(=O)NCc2cccc(C)n2)s1. The number of carbonyl (C=O) groups excluding carboxylic acids is 1. The minimum Gasteiger partial charge on any atom is -0.363 e. The average molecular weight is 263 g/mol.